The first-order chi connectivity index (χ1) is 16.8. The van der Waals surface area contributed by atoms with Gasteiger partial charge < -0.3 is 20.7 Å². The van der Waals surface area contributed by atoms with Crippen LogP contribution in [0.5, 0.6) is 5.75 Å². The minimum absolute atomic E-state index is 0.0298. The molecule has 7 nitrogen and oxygen atoms in total. The lowest BCUT2D eigenvalue weighted by molar-refractivity contribution is -0.283. The molecule has 2 aromatic rings. The van der Waals surface area contributed by atoms with Crippen LogP contribution in [-0.4, -0.2) is 50.5 Å². The highest BCUT2D eigenvalue weighted by Gasteiger charge is 2.56. The zero-order chi connectivity index (χ0) is 28.4. The highest BCUT2D eigenvalue weighted by Crippen LogP contribution is 2.47. The van der Waals surface area contributed by atoms with Crippen LogP contribution in [0.25, 0.3) is 11.1 Å². The summed E-state index contributed by atoms with van der Waals surface area (Å²) in [4.78, 5) is 10.8. The molecule has 0 heterocycles. The van der Waals surface area contributed by atoms with Crippen molar-refractivity contribution >= 4 is 38.9 Å². The van der Waals surface area contributed by atoms with Crippen LogP contribution < -0.4 is 10.5 Å². The second-order valence-corrected chi connectivity index (χ2v) is 11.2. The molecular formula is C21H20Cl2F6N2O5S. The molecule has 0 aliphatic heterocycles. The number of carbonyl (C=O) groups is 1. The Labute approximate surface area is 217 Å². The Bertz CT molecular complexity index is 1260. The summed E-state index contributed by atoms with van der Waals surface area (Å²) in [6, 6.07) is 4.49. The number of carboxylic acids is 1. The van der Waals surface area contributed by atoms with Crippen molar-refractivity contribution in [2.24, 2.45) is 5.73 Å². The summed E-state index contributed by atoms with van der Waals surface area (Å²) >= 11 is 11.8. The Morgan fingerprint density at radius 3 is 2.22 bits per heavy atom. The van der Waals surface area contributed by atoms with Crippen molar-refractivity contribution in [3.63, 3.8) is 0 Å². The molecule has 5 N–H and O–H groups in total. The number of aliphatic hydroxyl groups is 1. The Morgan fingerprint density at radius 1 is 1.08 bits per heavy atom. The number of rotatable bonds is 10. The van der Waals surface area contributed by atoms with Gasteiger partial charge in [0.15, 0.2) is 5.60 Å². The third kappa shape index (κ3) is 8.11. The lowest BCUT2D eigenvalue weighted by atomic mass is 9.88. The molecule has 0 fully saturated rings. The Hall–Kier alpha value is -2.26. The number of aliphatic carboxylic acids is 1. The summed E-state index contributed by atoms with van der Waals surface area (Å²) in [5.41, 5.74) is -0.110. The van der Waals surface area contributed by atoms with E-state index in [2.05, 4.69) is 4.74 Å². The Balaban J connectivity index is 2.54. The number of nitrogens with two attached hydrogens (primary N) is 1. The van der Waals surface area contributed by atoms with Crippen LogP contribution in [0.2, 0.25) is 10.0 Å². The molecule has 0 amide bonds. The summed E-state index contributed by atoms with van der Waals surface area (Å²) in [6.07, 6.45) is -13.1. The number of nitrogens with one attached hydrogen (secondary N) is 1. The molecule has 2 aromatic carbocycles. The molecule has 0 spiro atoms. The first kappa shape index (κ1) is 31.0. The second-order valence-electron chi connectivity index (χ2n) is 7.94. The fourth-order valence-corrected chi connectivity index (χ4v) is 5.23. The molecule has 2 rings (SSSR count). The number of ether oxygens (including phenoxy) is 1. The van der Waals surface area contributed by atoms with Gasteiger partial charge in [-0.15, -0.1) is 13.2 Å². The lowest BCUT2D eigenvalue weighted by Gasteiger charge is -2.33. The zero-order valence-electron chi connectivity index (χ0n) is 18.5. The van der Waals surface area contributed by atoms with E-state index >= 15 is 0 Å². The highest BCUT2D eigenvalue weighted by molar-refractivity contribution is 7.92. The van der Waals surface area contributed by atoms with Crippen molar-refractivity contribution < 1.29 is 50.3 Å². The number of benzene rings is 2. The molecular weight excluding hydrogens is 577 g/mol. The normalized spacial score (nSPS) is 16.5. The van der Waals surface area contributed by atoms with Gasteiger partial charge in [-0.05, 0) is 30.2 Å². The van der Waals surface area contributed by atoms with Gasteiger partial charge in [0.2, 0.25) is 0 Å². The average Bonchev–Trinajstić information content (AvgIpc) is 2.74. The Kier molecular flexibility index (Phi) is 9.40. The van der Waals surface area contributed by atoms with Crippen molar-refractivity contribution in [1.82, 2.24) is 0 Å². The van der Waals surface area contributed by atoms with Gasteiger partial charge in [0.05, 0.1) is 0 Å². The third-order valence-corrected chi connectivity index (χ3v) is 7.54. The summed E-state index contributed by atoms with van der Waals surface area (Å²) in [5.74, 6) is -4.74. The molecule has 0 radical (unpaired) electrons. The maximum Gasteiger partial charge on any atom is 0.573 e. The molecule has 0 bridgehead atoms. The van der Waals surface area contributed by atoms with E-state index in [9.17, 15) is 40.5 Å². The molecule has 0 saturated heterocycles. The highest BCUT2D eigenvalue weighted by atomic mass is 35.5. The number of halogens is 8. The molecule has 0 aliphatic carbocycles. The van der Waals surface area contributed by atoms with Crippen molar-refractivity contribution in [2.75, 3.05) is 11.5 Å². The summed E-state index contributed by atoms with van der Waals surface area (Å²) < 4.78 is 106. The van der Waals surface area contributed by atoms with E-state index in [1.54, 1.807) is 0 Å². The van der Waals surface area contributed by atoms with Gasteiger partial charge in [-0.1, -0.05) is 41.4 Å². The van der Waals surface area contributed by atoms with Crippen LogP contribution >= 0.6 is 23.2 Å². The monoisotopic (exact) mass is 596 g/mol. The lowest BCUT2D eigenvalue weighted by Crippen LogP contribution is -2.44. The van der Waals surface area contributed by atoms with Crippen LogP contribution in [-0.2, 0) is 20.1 Å². The molecule has 206 valence electrons. The number of carboxylic acid groups (broad SMARTS) is 1. The van der Waals surface area contributed by atoms with Crippen LogP contribution in [0.15, 0.2) is 36.4 Å². The molecule has 0 aromatic heterocycles. The largest absolute Gasteiger partial charge is 0.573 e. The third-order valence-electron chi connectivity index (χ3n) is 5.23. The predicted molar refractivity (Wildman–Crippen MR) is 124 cm³/mol. The summed E-state index contributed by atoms with van der Waals surface area (Å²) in [7, 11) is -3.92. The topological polar surface area (TPSA) is 134 Å². The average molecular weight is 597 g/mol. The van der Waals surface area contributed by atoms with Crippen LogP contribution in [0.4, 0.5) is 26.3 Å². The van der Waals surface area contributed by atoms with Gasteiger partial charge in [-0.3, -0.25) is 9.57 Å². The van der Waals surface area contributed by atoms with Crippen LogP contribution in [0.1, 0.15) is 18.4 Å². The smallest absolute Gasteiger partial charge is 0.480 e. The minimum atomic E-state index is -5.59. The van der Waals surface area contributed by atoms with Gasteiger partial charge in [0.1, 0.15) is 11.8 Å². The first-order valence-electron chi connectivity index (χ1n) is 10.1. The molecule has 2 unspecified atom stereocenters. The van der Waals surface area contributed by atoms with E-state index < -0.39 is 75.5 Å². The van der Waals surface area contributed by atoms with Crippen LogP contribution in [0.3, 0.4) is 0 Å². The van der Waals surface area contributed by atoms with Gasteiger partial charge in [0, 0.05) is 48.8 Å². The van der Waals surface area contributed by atoms with E-state index in [0.717, 1.165) is 6.07 Å². The predicted octanol–water partition coefficient (Wildman–Crippen LogP) is 5.55. The van der Waals surface area contributed by atoms with Crippen molar-refractivity contribution in [3.8, 4) is 16.9 Å². The quantitative estimate of drug-likeness (QED) is 0.266. The molecule has 0 aliphatic rings. The van der Waals surface area contributed by atoms with Crippen molar-refractivity contribution in [2.45, 2.75) is 37.0 Å². The standard InChI is InChI=1S/C21H20Cl2F6N2O5S/c22-12-2-3-13(15(23)10-12)11-1-4-14(17(9-11)36-21(27,28)29)19(34,20(24,25)26)6-8-37(31,35)7-5-16(30)18(32)33/h1-4,9-10,16,31,34H,5-8,30H2,(H,32,33)/t16-,19?,37?/m0/s1. The number of alkyl halides is 6. The second kappa shape index (κ2) is 11.2. The molecule has 0 saturated carbocycles. The summed E-state index contributed by atoms with van der Waals surface area (Å²) in [6.45, 7) is 0. The molecule has 3 atom stereocenters. The number of hydrogen-bond donors (Lipinski definition) is 4. The SMILES string of the molecule is N=S(=O)(CC[C@H](N)C(=O)O)CCC(O)(c1ccc(-c2ccc(Cl)cc2Cl)cc1OC(F)(F)F)C(F)(F)F. The van der Waals surface area contributed by atoms with Gasteiger partial charge in [0.25, 0.3) is 0 Å². The van der Waals surface area contributed by atoms with Gasteiger partial charge in [-0.2, -0.15) is 13.2 Å². The number of hydrogen-bond acceptors (Lipinski definition) is 6. The van der Waals surface area contributed by atoms with Crippen molar-refractivity contribution in [3.05, 3.63) is 52.0 Å². The van der Waals surface area contributed by atoms with E-state index in [1.807, 2.05) is 0 Å². The van der Waals surface area contributed by atoms with Crippen molar-refractivity contribution in [1.29, 1.82) is 4.78 Å². The molecule has 37 heavy (non-hydrogen) atoms. The van der Waals surface area contributed by atoms with Gasteiger partial charge in [-0.25, -0.2) is 4.21 Å². The van der Waals surface area contributed by atoms with E-state index in [0.29, 0.717) is 12.1 Å². The van der Waals surface area contributed by atoms with Gasteiger partial charge >= 0.3 is 18.5 Å². The van der Waals surface area contributed by atoms with E-state index in [4.69, 9.17) is 38.8 Å². The zero-order valence-corrected chi connectivity index (χ0v) is 20.8. The Morgan fingerprint density at radius 2 is 1.70 bits per heavy atom. The van der Waals surface area contributed by atoms with E-state index in [1.165, 1.54) is 18.2 Å². The van der Waals surface area contributed by atoms with E-state index in [-0.39, 0.29) is 21.2 Å². The minimum Gasteiger partial charge on any atom is -0.480 e. The van der Waals surface area contributed by atoms with Crippen LogP contribution in [0, 0.1) is 4.78 Å². The fourth-order valence-electron chi connectivity index (χ4n) is 3.25. The maximum atomic E-state index is 14.1. The molecule has 16 heteroatoms. The maximum absolute atomic E-state index is 14.1. The summed E-state index contributed by atoms with van der Waals surface area (Å²) in [5, 5.41) is 19.6. The first-order valence-corrected chi connectivity index (χ1v) is 12.8. The fraction of sp³-hybridized carbons (Fsp3) is 0.381.